The molecule has 1 rings (SSSR count). The molecular formula is C13H23N3. The van der Waals surface area contributed by atoms with Gasteiger partial charge in [0.1, 0.15) is 5.69 Å². The summed E-state index contributed by atoms with van der Waals surface area (Å²) in [5.41, 5.74) is 2.10. The van der Waals surface area contributed by atoms with Gasteiger partial charge in [-0.05, 0) is 25.5 Å². The Bertz CT molecular complexity index is 334. The van der Waals surface area contributed by atoms with Gasteiger partial charge in [-0.3, -0.25) is 0 Å². The van der Waals surface area contributed by atoms with Crippen molar-refractivity contribution in [3.63, 3.8) is 0 Å². The predicted octanol–water partition coefficient (Wildman–Crippen LogP) is 3.82. The van der Waals surface area contributed by atoms with Crippen molar-refractivity contribution in [1.82, 2.24) is 4.59 Å². The summed E-state index contributed by atoms with van der Waals surface area (Å²) in [6, 6.07) is 8.43. The molecule has 0 radical (unpaired) electrons. The van der Waals surface area contributed by atoms with Crippen molar-refractivity contribution in [3.8, 4) is 0 Å². The van der Waals surface area contributed by atoms with Gasteiger partial charge in [0.2, 0.25) is 0 Å². The molecule has 0 aromatic heterocycles. The number of anilines is 1. The highest BCUT2D eigenvalue weighted by atomic mass is 15.6. The molecule has 0 saturated carbocycles. The number of hydrogen-bond donors (Lipinski definition) is 1. The third-order valence-corrected chi connectivity index (χ3v) is 3.26. The van der Waals surface area contributed by atoms with Crippen LogP contribution < -0.4 is 9.91 Å². The van der Waals surface area contributed by atoms with Gasteiger partial charge in [0.15, 0.2) is 0 Å². The number of quaternary nitrogens is 1. The molecule has 90 valence electrons. The van der Waals surface area contributed by atoms with E-state index in [1.54, 1.807) is 0 Å². The minimum atomic E-state index is 0.198. The highest BCUT2D eigenvalue weighted by Crippen LogP contribution is 2.28. The number of benzene rings is 1. The van der Waals surface area contributed by atoms with Gasteiger partial charge in [-0.15, -0.1) is 0 Å². The number of hydrogen-bond acceptors (Lipinski definition) is 1. The molecule has 0 aliphatic rings. The van der Waals surface area contributed by atoms with Crippen LogP contribution in [0.1, 0.15) is 26.7 Å². The minimum absolute atomic E-state index is 0.198. The van der Waals surface area contributed by atoms with Crippen LogP contribution in [0.4, 0.5) is 11.4 Å². The van der Waals surface area contributed by atoms with E-state index in [0.717, 1.165) is 24.2 Å². The molecular weight excluding hydrogens is 198 g/mol. The average molecular weight is 221 g/mol. The van der Waals surface area contributed by atoms with Crippen LogP contribution in [-0.2, 0) is 0 Å². The molecule has 0 spiro atoms. The van der Waals surface area contributed by atoms with Crippen molar-refractivity contribution in [2.24, 2.45) is 0 Å². The molecule has 0 bridgehead atoms. The third kappa shape index (κ3) is 2.74. The maximum absolute atomic E-state index is 8.46. The summed E-state index contributed by atoms with van der Waals surface area (Å²) in [6.45, 7) is 4.31. The molecule has 0 saturated heterocycles. The number of nitrogens with one attached hydrogen (secondary N) is 2. The average Bonchev–Trinajstić information content (AvgIpc) is 2.29. The zero-order chi connectivity index (χ0) is 12.2. The lowest BCUT2D eigenvalue weighted by molar-refractivity contribution is 0.328. The van der Waals surface area contributed by atoms with Crippen molar-refractivity contribution in [3.05, 3.63) is 30.1 Å². The fourth-order valence-corrected chi connectivity index (χ4v) is 1.88. The molecule has 16 heavy (non-hydrogen) atoms. The first-order valence-electron chi connectivity index (χ1n) is 5.92. The summed E-state index contributed by atoms with van der Waals surface area (Å²) in [6.07, 6.45) is 2.20. The second-order valence-electron chi connectivity index (χ2n) is 4.51. The van der Waals surface area contributed by atoms with Gasteiger partial charge in [0, 0.05) is 18.8 Å². The lowest BCUT2D eigenvalue weighted by Gasteiger charge is -2.43. The van der Waals surface area contributed by atoms with Gasteiger partial charge < -0.3 is 15.8 Å². The van der Waals surface area contributed by atoms with E-state index in [4.69, 9.17) is 5.84 Å². The van der Waals surface area contributed by atoms with Crippen LogP contribution in [0.5, 0.6) is 0 Å². The Labute approximate surface area is 98.8 Å². The van der Waals surface area contributed by atoms with Crippen LogP contribution in [0.25, 0.3) is 5.84 Å². The van der Waals surface area contributed by atoms with Crippen molar-refractivity contribution in [1.29, 1.82) is 0 Å². The first-order valence-corrected chi connectivity index (χ1v) is 5.92. The number of rotatable bonds is 5. The Morgan fingerprint density at radius 1 is 1.44 bits per heavy atom. The van der Waals surface area contributed by atoms with Crippen molar-refractivity contribution in [2.45, 2.75) is 32.7 Å². The highest BCUT2D eigenvalue weighted by molar-refractivity contribution is 5.56. The zero-order valence-corrected chi connectivity index (χ0v) is 10.7. The van der Waals surface area contributed by atoms with Gasteiger partial charge in [0.05, 0.1) is 13.1 Å². The monoisotopic (exact) mass is 221 g/mol. The van der Waals surface area contributed by atoms with E-state index in [9.17, 15) is 0 Å². The molecule has 2 atom stereocenters. The van der Waals surface area contributed by atoms with Gasteiger partial charge in [-0.2, -0.15) is 0 Å². The maximum Gasteiger partial charge on any atom is 0.125 e. The Morgan fingerprint density at radius 3 is 2.69 bits per heavy atom. The quantitative estimate of drug-likeness (QED) is 0.595. The van der Waals surface area contributed by atoms with Gasteiger partial charge >= 0.3 is 0 Å². The second-order valence-corrected chi connectivity index (χ2v) is 4.51. The largest absolute Gasteiger partial charge is 0.462 e. The summed E-state index contributed by atoms with van der Waals surface area (Å²) in [7, 11) is 3.86. The van der Waals surface area contributed by atoms with Crippen LogP contribution in [0.2, 0.25) is 0 Å². The molecule has 0 amide bonds. The van der Waals surface area contributed by atoms with Crippen molar-refractivity contribution < 1.29 is 0 Å². The molecule has 0 aliphatic heterocycles. The Kier molecular flexibility index (Phi) is 4.33. The first kappa shape index (κ1) is 13.0. The summed E-state index contributed by atoms with van der Waals surface area (Å²) in [5.74, 6) is 8.46. The standard InChI is InChI=1S/C13H23N3/c1-5-7-11(2)16(4,14)13-9-6-8-12(10-13)15-3/h6,8-11,14-15H,5,7H2,1-4H3. The van der Waals surface area contributed by atoms with Gasteiger partial charge in [-0.25, -0.2) is 0 Å². The van der Waals surface area contributed by atoms with E-state index in [0.29, 0.717) is 6.04 Å². The van der Waals surface area contributed by atoms with Crippen LogP contribution in [0, 0.1) is 0 Å². The molecule has 0 fully saturated rings. The highest BCUT2D eigenvalue weighted by Gasteiger charge is 2.21. The van der Waals surface area contributed by atoms with Crippen LogP contribution in [0.3, 0.4) is 0 Å². The van der Waals surface area contributed by atoms with Crippen LogP contribution >= 0.6 is 0 Å². The Hall–Kier alpha value is -1.06. The Morgan fingerprint density at radius 2 is 2.12 bits per heavy atom. The summed E-state index contributed by atoms with van der Waals surface area (Å²) < 4.78 is 0.198. The molecule has 2 unspecified atom stereocenters. The number of nitrogens with zero attached hydrogens (tertiary/aromatic N) is 1. The van der Waals surface area contributed by atoms with E-state index in [1.807, 2.05) is 32.3 Å². The second kappa shape index (κ2) is 5.32. The molecule has 1 aromatic rings. The van der Waals surface area contributed by atoms with Crippen LogP contribution in [0.15, 0.2) is 24.3 Å². The minimum Gasteiger partial charge on any atom is -0.462 e. The normalized spacial score (nSPS) is 16.6. The van der Waals surface area contributed by atoms with Gasteiger partial charge in [-0.1, -0.05) is 19.4 Å². The maximum atomic E-state index is 8.46. The molecule has 1 aromatic carbocycles. The molecule has 2 N–H and O–H groups in total. The van der Waals surface area contributed by atoms with E-state index < -0.39 is 0 Å². The van der Waals surface area contributed by atoms with E-state index in [1.165, 1.54) is 0 Å². The van der Waals surface area contributed by atoms with E-state index >= 15 is 0 Å². The summed E-state index contributed by atoms with van der Waals surface area (Å²) in [4.78, 5) is 0. The summed E-state index contributed by atoms with van der Waals surface area (Å²) >= 11 is 0. The Balaban J connectivity index is 2.96. The molecule has 0 heterocycles. The van der Waals surface area contributed by atoms with Crippen molar-refractivity contribution in [2.75, 3.05) is 19.4 Å². The lowest BCUT2D eigenvalue weighted by Crippen LogP contribution is -2.44. The molecule has 3 nitrogen and oxygen atoms in total. The van der Waals surface area contributed by atoms with Gasteiger partial charge in [0.25, 0.3) is 0 Å². The fourth-order valence-electron chi connectivity index (χ4n) is 1.88. The SMILES string of the molecule is CCCC(C)[N+](C)([NH-])c1cccc(NC)c1. The predicted molar refractivity (Wildman–Crippen MR) is 72.4 cm³/mol. The molecule has 3 heteroatoms. The lowest BCUT2D eigenvalue weighted by atomic mass is 10.1. The topological polar surface area (TPSA) is 35.8 Å². The zero-order valence-electron chi connectivity index (χ0n) is 10.7. The first-order chi connectivity index (χ1) is 7.52. The van der Waals surface area contributed by atoms with E-state index in [-0.39, 0.29) is 4.59 Å². The molecule has 0 aliphatic carbocycles. The smallest absolute Gasteiger partial charge is 0.125 e. The van der Waals surface area contributed by atoms with E-state index in [2.05, 4.69) is 25.2 Å². The third-order valence-electron chi connectivity index (χ3n) is 3.26. The van der Waals surface area contributed by atoms with Crippen LogP contribution in [-0.4, -0.2) is 20.1 Å². The van der Waals surface area contributed by atoms with Crippen molar-refractivity contribution >= 4 is 11.4 Å². The fraction of sp³-hybridized carbons (Fsp3) is 0.538. The summed E-state index contributed by atoms with van der Waals surface area (Å²) in [5, 5.41) is 3.12.